The van der Waals surface area contributed by atoms with E-state index in [1.807, 2.05) is 20.8 Å². The molecule has 168 valence electrons. The zero-order valence-electron chi connectivity index (χ0n) is 19.1. The van der Waals surface area contributed by atoms with Crippen LogP contribution in [-0.2, 0) is 19.2 Å². The van der Waals surface area contributed by atoms with E-state index in [1.54, 1.807) is 28.1 Å². The van der Waals surface area contributed by atoms with Gasteiger partial charge in [-0.15, -0.1) is 0 Å². The van der Waals surface area contributed by atoms with Crippen molar-refractivity contribution in [3.8, 4) is 0 Å². The van der Waals surface area contributed by atoms with E-state index >= 15 is 0 Å². The molecule has 4 atom stereocenters. The number of carbonyl (C=O) groups excluding carboxylic acids is 4. The van der Waals surface area contributed by atoms with Gasteiger partial charge in [-0.1, -0.05) is 27.2 Å². The predicted octanol–water partition coefficient (Wildman–Crippen LogP) is 0.00300. The van der Waals surface area contributed by atoms with Crippen molar-refractivity contribution in [1.82, 2.24) is 26.2 Å². The predicted molar refractivity (Wildman–Crippen MR) is 113 cm³/mol. The third kappa shape index (κ3) is 7.49. The first kappa shape index (κ1) is 27.2. The molecule has 9 heteroatoms. The third-order valence-electron chi connectivity index (χ3n) is 5.02. The largest absolute Gasteiger partial charge is 0.331 e. The quantitative estimate of drug-likeness (QED) is 0.234. The Hall–Kier alpha value is -1.84. The Labute approximate surface area is 174 Å². The number of rotatable bonds is 14. The van der Waals surface area contributed by atoms with Crippen LogP contribution >= 0.6 is 0 Å². The Morgan fingerprint density at radius 1 is 1.10 bits per heavy atom. The van der Waals surface area contributed by atoms with Gasteiger partial charge < -0.3 is 15.5 Å². The molecule has 0 aliphatic heterocycles. The van der Waals surface area contributed by atoms with E-state index in [1.165, 1.54) is 11.8 Å². The number of nitrogens with zero attached hydrogens (tertiary/aromatic N) is 1. The minimum absolute atomic E-state index is 0.169. The minimum Gasteiger partial charge on any atom is -0.331 e. The summed E-state index contributed by atoms with van der Waals surface area (Å²) in [7, 11) is 4.85. The molecule has 0 fully saturated rings. The van der Waals surface area contributed by atoms with Crippen molar-refractivity contribution in [3.05, 3.63) is 0 Å². The van der Waals surface area contributed by atoms with Crippen molar-refractivity contribution >= 4 is 24.4 Å². The normalized spacial score (nSPS) is 17.6. The SMILES string of the molecule is CCCC(NC)C(=O)NC(C)(C=O)NC(C)C(=O)N(C)C(C=O)(CC(C)C)NC. The fourth-order valence-corrected chi connectivity index (χ4v) is 3.35. The van der Waals surface area contributed by atoms with Crippen LogP contribution in [0.1, 0.15) is 53.9 Å². The molecule has 4 unspecified atom stereocenters. The van der Waals surface area contributed by atoms with E-state index < -0.39 is 23.4 Å². The number of aldehydes is 2. The molecule has 0 aromatic heterocycles. The molecule has 4 N–H and O–H groups in total. The van der Waals surface area contributed by atoms with Crippen LogP contribution in [0.15, 0.2) is 0 Å². The van der Waals surface area contributed by atoms with E-state index in [2.05, 4.69) is 21.3 Å². The van der Waals surface area contributed by atoms with E-state index in [9.17, 15) is 19.2 Å². The van der Waals surface area contributed by atoms with Gasteiger partial charge in [-0.2, -0.15) is 0 Å². The topological polar surface area (TPSA) is 120 Å². The summed E-state index contributed by atoms with van der Waals surface area (Å²) in [6.45, 7) is 8.98. The van der Waals surface area contributed by atoms with Crippen LogP contribution in [0.5, 0.6) is 0 Å². The second-order valence-electron chi connectivity index (χ2n) is 8.09. The van der Waals surface area contributed by atoms with Crippen molar-refractivity contribution in [2.45, 2.75) is 77.3 Å². The zero-order valence-corrected chi connectivity index (χ0v) is 19.1. The molecule has 0 rings (SSSR count). The van der Waals surface area contributed by atoms with Gasteiger partial charge in [0.2, 0.25) is 11.8 Å². The van der Waals surface area contributed by atoms with Gasteiger partial charge in [-0.3, -0.25) is 29.8 Å². The van der Waals surface area contributed by atoms with Crippen LogP contribution in [0.2, 0.25) is 0 Å². The lowest BCUT2D eigenvalue weighted by Gasteiger charge is -2.40. The second kappa shape index (κ2) is 12.0. The average molecular weight is 414 g/mol. The molecule has 0 aromatic carbocycles. The lowest BCUT2D eigenvalue weighted by atomic mass is 9.96. The molecule has 0 aliphatic rings. The number of nitrogens with one attached hydrogen (secondary N) is 4. The fraction of sp³-hybridized carbons (Fsp3) is 0.800. The maximum Gasteiger partial charge on any atom is 0.241 e. The second-order valence-corrected chi connectivity index (χ2v) is 8.09. The minimum atomic E-state index is -1.43. The van der Waals surface area contributed by atoms with Crippen molar-refractivity contribution in [2.75, 3.05) is 21.1 Å². The smallest absolute Gasteiger partial charge is 0.241 e. The maximum atomic E-state index is 13.0. The Morgan fingerprint density at radius 3 is 2.07 bits per heavy atom. The first-order valence-electron chi connectivity index (χ1n) is 10.1. The molecule has 9 nitrogen and oxygen atoms in total. The summed E-state index contributed by atoms with van der Waals surface area (Å²) in [5.74, 6) is -0.544. The highest BCUT2D eigenvalue weighted by atomic mass is 16.2. The average Bonchev–Trinajstić information content (AvgIpc) is 2.68. The van der Waals surface area contributed by atoms with E-state index in [0.717, 1.165) is 12.7 Å². The van der Waals surface area contributed by atoms with Crippen LogP contribution in [0.4, 0.5) is 0 Å². The number of amides is 2. The summed E-state index contributed by atoms with van der Waals surface area (Å²) in [5, 5.41) is 11.4. The van der Waals surface area contributed by atoms with Crippen LogP contribution in [-0.4, -0.2) is 73.8 Å². The highest BCUT2D eigenvalue weighted by molar-refractivity contribution is 5.88. The zero-order chi connectivity index (χ0) is 22.8. The van der Waals surface area contributed by atoms with Crippen molar-refractivity contribution < 1.29 is 19.2 Å². The van der Waals surface area contributed by atoms with Crippen LogP contribution < -0.4 is 21.3 Å². The molecule has 0 heterocycles. The molecule has 29 heavy (non-hydrogen) atoms. The van der Waals surface area contributed by atoms with Gasteiger partial charge in [-0.25, -0.2) is 0 Å². The van der Waals surface area contributed by atoms with Crippen molar-refractivity contribution in [3.63, 3.8) is 0 Å². The molecule has 0 bridgehead atoms. The fourth-order valence-electron chi connectivity index (χ4n) is 3.35. The van der Waals surface area contributed by atoms with Crippen LogP contribution in [0.3, 0.4) is 0 Å². The van der Waals surface area contributed by atoms with Gasteiger partial charge in [0.05, 0.1) is 12.1 Å². The molecule has 0 saturated heterocycles. The third-order valence-corrected chi connectivity index (χ3v) is 5.02. The van der Waals surface area contributed by atoms with Crippen LogP contribution in [0, 0.1) is 5.92 Å². The Morgan fingerprint density at radius 2 is 1.69 bits per heavy atom. The summed E-state index contributed by atoms with van der Waals surface area (Å²) >= 11 is 0. The summed E-state index contributed by atoms with van der Waals surface area (Å²) < 4.78 is 0. The summed E-state index contributed by atoms with van der Waals surface area (Å²) in [5.41, 5.74) is -2.59. The first-order chi connectivity index (χ1) is 13.5. The standard InChI is InChI=1S/C20H39N5O4/c1-9-10-16(21-6)17(28)24-19(5,12-26)23-15(4)18(29)25(8)20(13-27,22-7)11-14(2)3/h12-16,21-23H,9-11H2,1-8H3,(H,24,28). The molecule has 2 amide bonds. The number of hydrogen-bond acceptors (Lipinski definition) is 7. The highest BCUT2D eigenvalue weighted by Crippen LogP contribution is 2.19. The molecule has 0 aliphatic carbocycles. The molecule has 0 aromatic rings. The number of likely N-dealkylation sites (N-methyl/N-ethyl adjacent to an activating group) is 3. The highest BCUT2D eigenvalue weighted by Gasteiger charge is 2.40. The van der Waals surface area contributed by atoms with Gasteiger partial charge in [0.1, 0.15) is 11.3 Å². The van der Waals surface area contributed by atoms with Gasteiger partial charge in [0.25, 0.3) is 0 Å². The van der Waals surface area contributed by atoms with Crippen molar-refractivity contribution in [2.24, 2.45) is 5.92 Å². The van der Waals surface area contributed by atoms with E-state index in [4.69, 9.17) is 0 Å². The number of hydrogen-bond donors (Lipinski definition) is 4. The summed E-state index contributed by atoms with van der Waals surface area (Å²) in [6.07, 6.45) is 3.14. The van der Waals surface area contributed by atoms with Gasteiger partial charge in [0.15, 0.2) is 12.6 Å². The van der Waals surface area contributed by atoms with Crippen molar-refractivity contribution in [1.29, 1.82) is 0 Å². The molecular formula is C20H39N5O4. The summed E-state index contributed by atoms with van der Waals surface area (Å²) in [6, 6.07) is -1.26. The lowest BCUT2D eigenvalue weighted by molar-refractivity contribution is -0.145. The monoisotopic (exact) mass is 413 g/mol. The Kier molecular flexibility index (Phi) is 11.2. The maximum absolute atomic E-state index is 13.0. The van der Waals surface area contributed by atoms with E-state index in [0.29, 0.717) is 19.1 Å². The molecule has 0 saturated carbocycles. The van der Waals surface area contributed by atoms with E-state index in [-0.39, 0.29) is 17.7 Å². The summed E-state index contributed by atoms with van der Waals surface area (Å²) in [4.78, 5) is 50.3. The van der Waals surface area contributed by atoms with Gasteiger partial charge in [-0.05, 0) is 46.7 Å². The van der Waals surface area contributed by atoms with Gasteiger partial charge >= 0.3 is 0 Å². The van der Waals surface area contributed by atoms with Crippen LogP contribution in [0.25, 0.3) is 0 Å². The van der Waals surface area contributed by atoms with Gasteiger partial charge in [0, 0.05) is 7.05 Å². The Bertz CT molecular complexity index is 571. The molecule has 0 radical (unpaired) electrons. The molecule has 0 spiro atoms. The molecular weight excluding hydrogens is 374 g/mol. The lowest BCUT2D eigenvalue weighted by Crippen LogP contribution is -2.67. The number of carbonyl (C=O) groups is 4. The Balaban J connectivity index is 5.40. The first-order valence-corrected chi connectivity index (χ1v) is 10.1.